The van der Waals surface area contributed by atoms with Gasteiger partial charge in [-0.25, -0.2) is 14.8 Å². The number of aliphatic hydroxyl groups is 6. The van der Waals surface area contributed by atoms with Crippen LogP contribution in [0.25, 0.3) is 0 Å². The molecule has 1 aliphatic heterocycles. The van der Waals surface area contributed by atoms with Crippen molar-refractivity contribution in [1.82, 2.24) is 9.97 Å². The predicted molar refractivity (Wildman–Crippen MR) is 149 cm³/mol. The average Bonchev–Trinajstić information content (AvgIpc) is 2.99. The molecule has 13 nitrogen and oxygen atoms in total. The number of methoxy groups -OCH3 is 1. The fourth-order valence-corrected chi connectivity index (χ4v) is 5.13. The van der Waals surface area contributed by atoms with Gasteiger partial charge in [-0.1, -0.05) is 11.8 Å². The minimum atomic E-state index is -2.20. The van der Waals surface area contributed by atoms with Gasteiger partial charge in [-0.15, -0.1) is 0 Å². The van der Waals surface area contributed by atoms with Crippen molar-refractivity contribution < 1.29 is 50.0 Å². The molecule has 1 saturated carbocycles. The van der Waals surface area contributed by atoms with Crippen molar-refractivity contribution in [2.24, 2.45) is 4.99 Å². The number of aromatic nitrogens is 2. The molecule has 7 atom stereocenters. The maximum Gasteiger partial charge on any atom is 0.335 e. The molecule has 14 heteroatoms. The van der Waals surface area contributed by atoms with Gasteiger partial charge in [-0.2, -0.15) is 0 Å². The molecule has 0 saturated heterocycles. The highest BCUT2D eigenvalue weighted by Crippen LogP contribution is 2.44. The summed E-state index contributed by atoms with van der Waals surface area (Å²) in [6.45, 7) is 1.69. The van der Waals surface area contributed by atoms with Crippen molar-refractivity contribution in [3.63, 3.8) is 0 Å². The number of aliphatic carboxylic acids is 1. The van der Waals surface area contributed by atoms with Crippen molar-refractivity contribution in [2.45, 2.75) is 73.8 Å². The summed E-state index contributed by atoms with van der Waals surface area (Å²) in [4.78, 5) is 24.0. The standard InChI is InChI=1S/C21H25N3O3S.C6H12O7/c1-4-27-19-8-14-15-7-13(25)5-6-17(15)24-20(16(14)9-18(19)26-2)12-10-22-21(28-3)23-11-12;7-1-2(8)3(9)4(10)5(11)6(12)13/h8-11,13,15,17,25H,4-7H2,1-3H3;2-5,7-11H,1H2,(H,12,13)/t13-,15-,17-;2-,3+,4+,5+/m10/s1. The van der Waals surface area contributed by atoms with Gasteiger partial charge >= 0.3 is 5.97 Å². The Balaban J connectivity index is 0.000000302. The van der Waals surface area contributed by atoms with Crippen LogP contribution in [-0.2, 0) is 4.79 Å². The smallest absolute Gasteiger partial charge is 0.335 e. The molecule has 1 aromatic carbocycles. The zero-order valence-electron chi connectivity index (χ0n) is 23.0. The van der Waals surface area contributed by atoms with Crippen molar-refractivity contribution in [2.75, 3.05) is 26.6 Å². The van der Waals surface area contributed by atoms with Gasteiger partial charge in [0.25, 0.3) is 0 Å². The minimum Gasteiger partial charge on any atom is -0.493 e. The number of carboxylic acid groups (broad SMARTS) is 1. The Morgan fingerprint density at radius 2 is 1.78 bits per heavy atom. The molecular weight excluding hydrogens is 558 g/mol. The summed E-state index contributed by atoms with van der Waals surface area (Å²) in [6.07, 6.45) is -0.124. The third-order valence-corrected chi connectivity index (χ3v) is 7.54. The lowest BCUT2D eigenvalue weighted by Gasteiger charge is -2.37. The normalized spacial score (nSPS) is 22.5. The van der Waals surface area contributed by atoms with E-state index >= 15 is 0 Å². The number of ether oxygens (including phenoxy) is 2. The minimum absolute atomic E-state index is 0.147. The number of benzene rings is 1. The lowest BCUT2D eigenvalue weighted by atomic mass is 9.74. The Morgan fingerprint density at radius 3 is 2.34 bits per heavy atom. The molecule has 0 amide bonds. The first-order valence-corrected chi connectivity index (χ1v) is 14.3. The van der Waals surface area contributed by atoms with E-state index in [1.54, 1.807) is 7.11 Å². The van der Waals surface area contributed by atoms with Crippen LogP contribution in [0.1, 0.15) is 48.8 Å². The Hall–Kier alpha value is -2.85. The van der Waals surface area contributed by atoms with E-state index in [-0.39, 0.29) is 18.1 Å². The number of carboxylic acids is 1. The summed E-state index contributed by atoms with van der Waals surface area (Å²) in [5.74, 6) is -0.127. The maximum atomic E-state index is 10.3. The first kappa shape index (κ1) is 32.7. The predicted octanol–water partition coefficient (Wildman–Crippen LogP) is -0.0393. The number of aliphatic hydroxyl groups excluding tert-OH is 6. The van der Waals surface area contributed by atoms with Gasteiger partial charge in [0.15, 0.2) is 22.8 Å². The monoisotopic (exact) mass is 595 g/mol. The molecule has 0 radical (unpaired) electrons. The molecule has 7 N–H and O–H groups in total. The average molecular weight is 596 g/mol. The molecule has 0 unspecified atom stereocenters. The van der Waals surface area contributed by atoms with Gasteiger partial charge in [-0.3, -0.25) is 4.99 Å². The molecule has 4 rings (SSSR count). The summed E-state index contributed by atoms with van der Waals surface area (Å²) >= 11 is 1.52. The molecule has 1 aliphatic carbocycles. The van der Waals surface area contributed by atoms with E-state index in [4.69, 9.17) is 45.1 Å². The third kappa shape index (κ3) is 7.71. The van der Waals surface area contributed by atoms with Crippen molar-refractivity contribution in [3.05, 3.63) is 41.2 Å². The van der Waals surface area contributed by atoms with Crippen molar-refractivity contribution in [3.8, 4) is 11.5 Å². The Kier molecular flexibility index (Phi) is 11.8. The van der Waals surface area contributed by atoms with Gasteiger partial charge in [0.05, 0.1) is 38.2 Å². The molecular formula is C27H37N3O10S. The lowest BCUT2D eigenvalue weighted by molar-refractivity contribution is -0.164. The number of carbonyl (C=O) groups is 1. The van der Waals surface area contributed by atoms with Crippen LogP contribution in [-0.4, -0.2) is 121 Å². The lowest BCUT2D eigenvalue weighted by Crippen LogP contribution is -2.48. The topological polar surface area (TPSA) is 215 Å². The summed E-state index contributed by atoms with van der Waals surface area (Å²) in [5.41, 5.74) is 3.96. The first-order chi connectivity index (χ1) is 19.6. The number of hydrogen-bond donors (Lipinski definition) is 7. The molecule has 41 heavy (non-hydrogen) atoms. The summed E-state index contributed by atoms with van der Waals surface area (Å²) in [7, 11) is 1.65. The number of hydrogen-bond acceptors (Lipinski definition) is 13. The third-order valence-electron chi connectivity index (χ3n) is 6.96. The number of fused-ring (bicyclic) bond motifs is 3. The van der Waals surface area contributed by atoms with Crippen LogP contribution in [0.15, 0.2) is 34.7 Å². The fraction of sp³-hybridized carbons (Fsp3) is 0.556. The van der Waals surface area contributed by atoms with E-state index in [1.165, 1.54) is 11.8 Å². The Labute approximate surface area is 241 Å². The number of rotatable bonds is 10. The summed E-state index contributed by atoms with van der Waals surface area (Å²) in [6, 6.07) is 4.21. The highest BCUT2D eigenvalue weighted by atomic mass is 32.2. The van der Waals surface area contributed by atoms with Crippen LogP contribution in [0, 0.1) is 0 Å². The fourth-order valence-electron chi connectivity index (χ4n) is 4.81. The van der Waals surface area contributed by atoms with E-state index in [0.717, 1.165) is 46.1 Å². The summed E-state index contributed by atoms with van der Waals surface area (Å²) < 4.78 is 11.4. The molecule has 2 aromatic rings. The molecule has 2 aliphatic rings. The second kappa shape index (κ2) is 14.9. The largest absolute Gasteiger partial charge is 0.493 e. The highest BCUT2D eigenvalue weighted by molar-refractivity contribution is 7.98. The van der Waals surface area contributed by atoms with Gasteiger partial charge in [0.1, 0.15) is 18.3 Å². The molecule has 1 fully saturated rings. The first-order valence-electron chi connectivity index (χ1n) is 13.1. The maximum absolute atomic E-state index is 10.3. The van der Waals surface area contributed by atoms with E-state index in [1.807, 2.05) is 31.6 Å². The van der Waals surface area contributed by atoms with Crippen LogP contribution in [0.3, 0.4) is 0 Å². The van der Waals surface area contributed by atoms with Crippen LogP contribution < -0.4 is 9.47 Å². The second-order valence-corrected chi connectivity index (χ2v) is 10.4. The number of nitrogens with zero attached hydrogens (tertiary/aromatic N) is 3. The van der Waals surface area contributed by atoms with Crippen LogP contribution in [0.5, 0.6) is 11.5 Å². The summed E-state index contributed by atoms with van der Waals surface area (Å²) in [5, 5.41) is 62.8. The molecule has 2 heterocycles. The molecule has 0 bridgehead atoms. The van der Waals surface area contributed by atoms with Crippen molar-refractivity contribution >= 4 is 23.4 Å². The van der Waals surface area contributed by atoms with E-state index < -0.39 is 37.0 Å². The van der Waals surface area contributed by atoms with Crippen LogP contribution in [0.2, 0.25) is 0 Å². The Morgan fingerprint density at radius 1 is 1.10 bits per heavy atom. The second-order valence-electron chi connectivity index (χ2n) is 9.61. The van der Waals surface area contributed by atoms with Gasteiger partial charge in [-0.05, 0) is 50.1 Å². The van der Waals surface area contributed by atoms with E-state index in [0.29, 0.717) is 18.8 Å². The van der Waals surface area contributed by atoms with Crippen LogP contribution in [0.4, 0.5) is 0 Å². The van der Waals surface area contributed by atoms with Gasteiger partial charge in [0.2, 0.25) is 0 Å². The zero-order valence-corrected chi connectivity index (χ0v) is 23.8. The number of aliphatic imine (C=N–C) groups is 1. The van der Waals surface area contributed by atoms with E-state index in [2.05, 4.69) is 16.0 Å². The van der Waals surface area contributed by atoms with Crippen molar-refractivity contribution in [1.29, 1.82) is 0 Å². The highest BCUT2D eigenvalue weighted by Gasteiger charge is 2.37. The SMILES string of the molecule is CCOc1cc2c(cc1OC)C(c1cnc(SC)nc1)=N[C@@H]1CC[C@@H](O)C[C@H]21.O=C(O)[C@H](O)[C@H](O)[C@H](O)[C@@H](O)CO. The zero-order chi connectivity index (χ0) is 30.3. The number of thioether (sulfide) groups is 1. The molecule has 0 spiro atoms. The van der Waals surface area contributed by atoms with Gasteiger partial charge < -0.3 is 45.2 Å². The van der Waals surface area contributed by atoms with E-state index in [9.17, 15) is 9.90 Å². The quantitative estimate of drug-likeness (QED) is 0.142. The van der Waals surface area contributed by atoms with Crippen LogP contribution >= 0.6 is 11.8 Å². The van der Waals surface area contributed by atoms with Gasteiger partial charge in [0, 0.05) is 29.4 Å². The molecule has 1 aromatic heterocycles. The Bertz CT molecular complexity index is 1200. The molecule has 226 valence electrons.